The number of methoxy groups -OCH3 is 1. The molecule has 3 rings (SSSR count). The predicted molar refractivity (Wildman–Crippen MR) is 112 cm³/mol. The standard InChI is InChI=1S/C24H23NO5/c1-15-14-21(22(26)18-8-6-5-7-9-18)16(2)25(15)17(3)23(27)30-20-12-10-19(11-13-20)24(28)29-4/h5-14,17H,1-4H3. The number of esters is 2. The van der Waals surface area contributed by atoms with E-state index in [1.165, 1.54) is 31.4 Å². The van der Waals surface area contributed by atoms with Crippen LogP contribution in [-0.4, -0.2) is 29.4 Å². The Kier molecular flexibility index (Phi) is 6.16. The smallest absolute Gasteiger partial charge is 0.337 e. The highest BCUT2D eigenvalue weighted by molar-refractivity contribution is 6.10. The lowest BCUT2D eigenvalue weighted by atomic mass is 10.0. The Morgan fingerprint density at radius 1 is 0.900 bits per heavy atom. The molecular formula is C24H23NO5. The zero-order chi connectivity index (χ0) is 21.8. The first-order chi connectivity index (χ1) is 14.3. The van der Waals surface area contributed by atoms with Gasteiger partial charge in [0.1, 0.15) is 11.8 Å². The summed E-state index contributed by atoms with van der Waals surface area (Å²) in [6, 6.07) is 16.3. The second-order valence-electron chi connectivity index (χ2n) is 6.96. The summed E-state index contributed by atoms with van der Waals surface area (Å²) in [4.78, 5) is 37.1. The van der Waals surface area contributed by atoms with Gasteiger partial charge in [0.15, 0.2) is 5.78 Å². The number of hydrogen-bond donors (Lipinski definition) is 0. The summed E-state index contributed by atoms with van der Waals surface area (Å²) in [5.41, 5.74) is 3.01. The van der Waals surface area contributed by atoms with E-state index < -0.39 is 18.0 Å². The second kappa shape index (κ2) is 8.78. The fourth-order valence-electron chi connectivity index (χ4n) is 3.43. The van der Waals surface area contributed by atoms with Gasteiger partial charge >= 0.3 is 11.9 Å². The molecule has 0 fully saturated rings. The van der Waals surface area contributed by atoms with E-state index in [-0.39, 0.29) is 5.78 Å². The van der Waals surface area contributed by atoms with Gasteiger partial charge < -0.3 is 14.0 Å². The fraction of sp³-hybridized carbons (Fsp3) is 0.208. The number of aromatic nitrogens is 1. The zero-order valence-electron chi connectivity index (χ0n) is 17.3. The molecule has 0 aliphatic rings. The van der Waals surface area contributed by atoms with Crippen LogP contribution in [0.1, 0.15) is 50.6 Å². The third-order valence-corrected chi connectivity index (χ3v) is 4.99. The van der Waals surface area contributed by atoms with Crippen LogP contribution in [0, 0.1) is 13.8 Å². The monoisotopic (exact) mass is 405 g/mol. The summed E-state index contributed by atoms with van der Waals surface area (Å²) in [7, 11) is 1.30. The third kappa shape index (κ3) is 4.17. The highest BCUT2D eigenvalue weighted by atomic mass is 16.5. The maximum absolute atomic E-state index is 12.9. The number of carbonyl (C=O) groups excluding carboxylic acids is 3. The lowest BCUT2D eigenvalue weighted by Crippen LogP contribution is -2.23. The molecule has 0 aliphatic carbocycles. The van der Waals surface area contributed by atoms with Gasteiger partial charge in [-0.2, -0.15) is 0 Å². The molecule has 0 saturated heterocycles. The molecule has 0 radical (unpaired) electrons. The number of aryl methyl sites for hydroxylation is 1. The highest BCUT2D eigenvalue weighted by Gasteiger charge is 2.24. The second-order valence-corrected chi connectivity index (χ2v) is 6.96. The number of ether oxygens (including phenoxy) is 2. The van der Waals surface area contributed by atoms with E-state index in [2.05, 4.69) is 4.74 Å². The molecule has 0 saturated carbocycles. The van der Waals surface area contributed by atoms with E-state index in [0.29, 0.717) is 28.1 Å². The first-order valence-electron chi connectivity index (χ1n) is 9.51. The molecule has 30 heavy (non-hydrogen) atoms. The van der Waals surface area contributed by atoms with Crippen LogP contribution < -0.4 is 4.74 Å². The van der Waals surface area contributed by atoms with E-state index in [9.17, 15) is 14.4 Å². The van der Waals surface area contributed by atoms with Gasteiger partial charge in [0, 0.05) is 22.5 Å². The third-order valence-electron chi connectivity index (χ3n) is 4.99. The molecule has 0 bridgehead atoms. The molecule has 0 amide bonds. The van der Waals surface area contributed by atoms with Crippen LogP contribution in [0.15, 0.2) is 60.7 Å². The van der Waals surface area contributed by atoms with Crippen molar-refractivity contribution in [3.8, 4) is 5.75 Å². The molecule has 1 unspecified atom stereocenters. The maximum atomic E-state index is 12.9. The van der Waals surface area contributed by atoms with Crippen LogP contribution in [0.2, 0.25) is 0 Å². The molecule has 6 heteroatoms. The summed E-state index contributed by atoms with van der Waals surface area (Å²) in [5, 5.41) is 0. The lowest BCUT2D eigenvalue weighted by Gasteiger charge is -2.17. The Morgan fingerprint density at radius 2 is 1.53 bits per heavy atom. The normalized spacial score (nSPS) is 11.6. The van der Waals surface area contributed by atoms with Crippen molar-refractivity contribution < 1.29 is 23.9 Å². The maximum Gasteiger partial charge on any atom is 0.337 e. The van der Waals surface area contributed by atoms with Crippen LogP contribution in [0.3, 0.4) is 0 Å². The van der Waals surface area contributed by atoms with Crippen LogP contribution >= 0.6 is 0 Å². The molecule has 3 aromatic rings. The number of nitrogens with zero attached hydrogens (tertiary/aromatic N) is 1. The van der Waals surface area contributed by atoms with E-state index in [1.807, 2.05) is 32.0 Å². The number of hydrogen-bond acceptors (Lipinski definition) is 5. The minimum absolute atomic E-state index is 0.0890. The predicted octanol–water partition coefficient (Wildman–Crippen LogP) is 4.29. The molecule has 0 spiro atoms. The summed E-state index contributed by atoms with van der Waals surface area (Å²) in [6.07, 6.45) is 0. The van der Waals surface area contributed by atoms with Crippen molar-refractivity contribution in [3.63, 3.8) is 0 Å². The van der Waals surface area contributed by atoms with Crippen LogP contribution in [-0.2, 0) is 9.53 Å². The van der Waals surface area contributed by atoms with Crippen molar-refractivity contribution >= 4 is 17.7 Å². The van der Waals surface area contributed by atoms with E-state index >= 15 is 0 Å². The Labute approximate surface area is 175 Å². The number of ketones is 1. The molecule has 0 N–H and O–H groups in total. The zero-order valence-corrected chi connectivity index (χ0v) is 17.3. The molecule has 2 aromatic carbocycles. The minimum atomic E-state index is -0.636. The van der Waals surface area contributed by atoms with Crippen molar-refractivity contribution in [3.05, 3.63) is 88.7 Å². The first-order valence-corrected chi connectivity index (χ1v) is 9.51. The molecular weight excluding hydrogens is 382 g/mol. The Bertz CT molecular complexity index is 1080. The SMILES string of the molecule is COC(=O)c1ccc(OC(=O)C(C)n2c(C)cc(C(=O)c3ccccc3)c2C)cc1. The average molecular weight is 405 g/mol. The van der Waals surface area contributed by atoms with Crippen LogP contribution in [0.25, 0.3) is 0 Å². The van der Waals surface area contributed by atoms with E-state index in [4.69, 9.17) is 4.74 Å². The Hall–Kier alpha value is -3.67. The van der Waals surface area contributed by atoms with Gasteiger partial charge in [-0.25, -0.2) is 9.59 Å². The molecule has 6 nitrogen and oxygen atoms in total. The first kappa shape index (κ1) is 21.0. The Balaban J connectivity index is 1.80. The summed E-state index contributed by atoms with van der Waals surface area (Å²) in [6.45, 7) is 5.39. The summed E-state index contributed by atoms with van der Waals surface area (Å²) >= 11 is 0. The van der Waals surface area contributed by atoms with Crippen LogP contribution in [0.4, 0.5) is 0 Å². The van der Waals surface area contributed by atoms with Gasteiger partial charge in [0.05, 0.1) is 12.7 Å². The quantitative estimate of drug-likeness (QED) is 0.347. The molecule has 0 aliphatic heterocycles. The lowest BCUT2D eigenvalue weighted by molar-refractivity contribution is -0.137. The average Bonchev–Trinajstić information content (AvgIpc) is 3.07. The minimum Gasteiger partial charge on any atom is -0.465 e. The molecule has 154 valence electrons. The van der Waals surface area contributed by atoms with Gasteiger partial charge in [-0.05, 0) is 51.1 Å². The topological polar surface area (TPSA) is 74.6 Å². The van der Waals surface area contributed by atoms with Gasteiger partial charge in [0.25, 0.3) is 0 Å². The summed E-state index contributed by atoms with van der Waals surface area (Å²) < 4.78 is 11.9. The van der Waals surface area contributed by atoms with Gasteiger partial charge in [0.2, 0.25) is 0 Å². The highest BCUT2D eigenvalue weighted by Crippen LogP contribution is 2.24. The van der Waals surface area contributed by atoms with Crippen molar-refractivity contribution in [1.29, 1.82) is 0 Å². The van der Waals surface area contributed by atoms with Gasteiger partial charge in [-0.1, -0.05) is 30.3 Å². The number of carbonyl (C=O) groups is 3. The van der Waals surface area contributed by atoms with E-state index in [1.54, 1.807) is 29.7 Å². The molecule has 1 aromatic heterocycles. The molecule has 1 atom stereocenters. The fourth-order valence-corrected chi connectivity index (χ4v) is 3.43. The molecule has 1 heterocycles. The number of rotatable bonds is 6. The van der Waals surface area contributed by atoms with Crippen molar-refractivity contribution in [1.82, 2.24) is 4.57 Å². The van der Waals surface area contributed by atoms with Crippen LogP contribution in [0.5, 0.6) is 5.75 Å². The van der Waals surface area contributed by atoms with Gasteiger partial charge in [-0.15, -0.1) is 0 Å². The number of benzene rings is 2. The van der Waals surface area contributed by atoms with E-state index in [0.717, 1.165) is 5.69 Å². The summed E-state index contributed by atoms with van der Waals surface area (Å²) in [5.74, 6) is -0.701. The largest absolute Gasteiger partial charge is 0.465 e. The van der Waals surface area contributed by atoms with Crippen molar-refractivity contribution in [2.24, 2.45) is 0 Å². The van der Waals surface area contributed by atoms with Gasteiger partial charge in [-0.3, -0.25) is 4.79 Å². The van der Waals surface area contributed by atoms with Crippen molar-refractivity contribution in [2.75, 3.05) is 7.11 Å². The van der Waals surface area contributed by atoms with Crippen molar-refractivity contribution in [2.45, 2.75) is 26.8 Å². The Morgan fingerprint density at radius 3 is 2.13 bits per heavy atom.